The molecule has 0 aromatic carbocycles. The average molecular weight is 221 g/mol. The fourth-order valence-electron chi connectivity index (χ4n) is 0.660. The molecule has 0 aliphatic rings. The molecule has 0 bridgehead atoms. The largest absolute Gasteiger partial charge is 0.468 e. The number of carbonyl (C=O) groups excluding carboxylic acids is 1. The van der Waals surface area contributed by atoms with Crippen molar-refractivity contribution in [1.29, 1.82) is 0 Å². The fraction of sp³-hybridized carbons (Fsp3) is 0.857. The van der Waals surface area contributed by atoms with E-state index in [-0.39, 0.29) is 26.2 Å². The maximum Gasteiger partial charge on any atom is 0.293 e. The van der Waals surface area contributed by atoms with E-state index in [4.69, 9.17) is 0 Å². The van der Waals surface area contributed by atoms with Crippen molar-refractivity contribution in [3.63, 3.8) is 0 Å². The molecule has 0 unspecified atom stereocenters. The summed E-state index contributed by atoms with van der Waals surface area (Å²) in [4.78, 5) is 9.62. The molecular formula is C7H14O2Zr. The predicted molar refractivity (Wildman–Crippen MR) is 36.2 cm³/mol. The van der Waals surface area contributed by atoms with Crippen molar-refractivity contribution < 1.29 is 35.7 Å². The Balaban J connectivity index is 0. The van der Waals surface area contributed by atoms with Crippen LogP contribution in [0, 0.1) is 0 Å². The topological polar surface area (TPSA) is 26.3 Å². The van der Waals surface area contributed by atoms with Gasteiger partial charge in [-0.25, -0.2) is 0 Å². The van der Waals surface area contributed by atoms with Crippen LogP contribution >= 0.6 is 0 Å². The fourth-order valence-corrected chi connectivity index (χ4v) is 0.660. The summed E-state index contributed by atoms with van der Waals surface area (Å²) in [6, 6.07) is 0. The van der Waals surface area contributed by atoms with Crippen molar-refractivity contribution in [1.82, 2.24) is 0 Å². The Bertz CT molecular complexity index is 66.6. The van der Waals surface area contributed by atoms with Crippen LogP contribution in [0.2, 0.25) is 0 Å². The third-order valence-electron chi connectivity index (χ3n) is 1.18. The second-order valence-corrected chi connectivity index (χ2v) is 2.03. The molecule has 2 nitrogen and oxygen atoms in total. The third kappa shape index (κ3) is 11.2. The van der Waals surface area contributed by atoms with Crippen molar-refractivity contribution in [2.24, 2.45) is 0 Å². The molecule has 3 heteroatoms. The molecule has 0 atom stereocenters. The summed E-state index contributed by atoms with van der Waals surface area (Å²) in [6.07, 6.45) is 4.64. The first-order valence-corrected chi connectivity index (χ1v) is 3.47. The maximum atomic E-state index is 9.62. The summed E-state index contributed by atoms with van der Waals surface area (Å²) >= 11 is 0. The summed E-state index contributed by atoms with van der Waals surface area (Å²) in [5.74, 6) is 0. The van der Waals surface area contributed by atoms with Gasteiger partial charge in [0.2, 0.25) is 0 Å². The second kappa shape index (κ2) is 12.1. The minimum atomic E-state index is 0. The number of hydrogen-bond acceptors (Lipinski definition) is 2. The van der Waals surface area contributed by atoms with E-state index < -0.39 is 0 Å². The van der Waals surface area contributed by atoms with Crippen LogP contribution in [0.5, 0.6) is 0 Å². The van der Waals surface area contributed by atoms with Gasteiger partial charge in [0.15, 0.2) is 0 Å². The molecule has 0 saturated heterocycles. The molecule has 0 aromatic rings. The predicted octanol–water partition coefficient (Wildman–Crippen LogP) is 1.74. The van der Waals surface area contributed by atoms with Gasteiger partial charge in [-0.2, -0.15) is 0 Å². The number of rotatable bonds is 6. The molecule has 0 radical (unpaired) electrons. The SMILES string of the molecule is CCCCCCOC=O.[Zr]. The first-order chi connectivity index (χ1) is 4.41. The zero-order valence-electron chi connectivity index (χ0n) is 6.43. The van der Waals surface area contributed by atoms with Crippen LogP contribution in [-0.2, 0) is 35.7 Å². The van der Waals surface area contributed by atoms with Gasteiger partial charge >= 0.3 is 0 Å². The Hall–Kier alpha value is 0.353. The molecule has 0 saturated carbocycles. The van der Waals surface area contributed by atoms with Crippen LogP contribution < -0.4 is 0 Å². The van der Waals surface area contributed by atoms with E-state index in [1.165, 1.54) is 19.3 Å². The average Bonchev–Trinajstić information content (AvgIpc) is 1.89. The van der Waals surface area contributed by atoms with Gasteiger partial charge in [0.1, 0.15) is 0 Å². The Labute approximate surface area is 81.5 Å². The number of carbonyl (C=O) groups is 1. The smallest absolute Gasteiger partial charge is 0.293 e. The molecule has 0 fully saturated rings. The molecule has 0 spiro atoms. The Morgan fingerprint density at radius 1 is 1.30 bits per heavy atom. The van der Waals surface area contributed by atoms with E-state index in [0.717, 1.165) is 6.42 Å². The van der Waals surface area contributed by atoms with E-state index in [0.29, 0.717) is 13.1 Å². The van der Waals surface area contributed by atoms with Crippen molar-refractivity contribution in [3.8, 4) is 0 Å². The van der Waals surface area contributed by atoms with Crippen LogP contribution in [0.1, 0.15) is 32.6 Å². The molecule has 10 heavy (non-hydrogen) atoms. The molecule has 0 rings (SSSR count). The van der Waals surface area contributed by atoms with Gasteiger partial charge in [0.25, 0.3) is 6.47 Å². The number of ether oxygens (including phenoxy) is 1. The van der Waals surface area contributed by atoms with Crippen LogP contribution in [0.25, 0.3) is 0 Å². The molecule has 58 valence electrons. The molecule has 0 amide bonds. The van der Waals surface area contributed by atoms with Gasteiger partial charge in [-0.05, 0) is 6.42 Å². The van der Waals surface area contributed by atoms with Crippen LogP contribution in [-0.4, -0.2) is 13.1 Å². The van der Waals surface area contributed by atoms with Crippen LogP contribution in [0.3, 0.4) is 0 Å². The van der Waals surface area contributed by atoms with E-state index >= 15 is 0 Å². The summed E-state index contributed by atoms with van der Waals surface area (Å²) in [6.45, 7) is 3.25. The zero-order valence-corrected chi connectivity index (χ0v) is 8.89. The van der Waals surface area contributed by atoms with Gasteiger partial charge in [0, 0.05) is 26.2 Å². The molecule has 0 aliphatic carbocycles. The van der Waals surface area contributed by atoms with E-state index in [9.17, 15) is 4.79 Å². The van der Waals surface area contributed by atoms with Gasteiger partial charge in [-0.3, -0.25) is 4.79 Å². The third-order valence-corrected chi connectivity index (χ3v) is 1.18. The van der Waals surface area contributed by atoms with Crippen molar-refractivity contribution in [2.75, 3.05) is 6.61 Å². The Morgan fingerprint density at radius 3 is 2.50 bits per heavy atom. The first-order valence-electron chi connectivity index (χ1n) is 3.47. The van der Waals surface area contributed by atoms with Crippen molar-refractivity contribution in [2.45, 2.75) is 32.6 Å². The first kappa shape index (κ1) is 13.0. The van der Waals surface area contributed by atoms with E-state index in [2.05, 4.69) is 11.7 Å². The summed E-state index contributed by atoms with van der Waals surface area (Å²) < 4.78 is 4.50. The molecule has 0 N–H and O–H groups in total. The summed E-state index contributed by atoms with van der Waals surface area (Å²) in [7, 11) is 0. The van der Waals surface area contributed by atoms with E-state index in [1.807, 2.05) is 0 Å². The molecule has 0 heterocycles. The maximum absolute atomic E-state index is 9.62. The van der Waals surface area contributed by atoms with E-state index in [1.54, 1.807) is 0 Å². The quantitative estimate of drug-likeness (QED) is 0.504. The Kier molecular flexibility index (Phi) is 15.7. The zero-order chi connectivity index (χ0) is 6.95. The normalized spacial score (nSPS) is 8.10. The van der Waals surface area contributed by atoms with Crippen LogP contribution in [0.4, 0.5) is 0 Å². The standard InChI is InChI=1S/C7H14O2.Zr/c1-2-3-4-5-6-9-7-8;/h7H,2-6H2,1H3;. The molecule has 0 aliphatic heterocycles. The summed E-state index contributed by atoms with van der Waals surface area (Å²) in [5.41, 5.74) is 0. The van der Waals surface area contributed by atoms with Crippen LogP contribution in [0.15, 0.2) is 0 Å². The minimum absolute atomic E-state index is 0. The van der Waals surface area contributed by atoms with Gasteiger partial charge < -0.3 is 4.74 Å². The van der Waals surface area contributed by atoms with Gasteiger partial charge in [-0.15, -0.1) is 0 Å². The Morgan fingerprint density at radius 2 is 2.00 bits per heavy atom. The van der Waals surface area contributed by atoms with Crippen molar-refractivity contribution in [3.05, 3.63) is 0 Å². The van der Waals surface area contributed by atoms with Crippen molar-refractivity contribution >= 4 is 6.47 Å². The van der Waals surface area contributed by atoms with Gasteiger partial charge in [-0.1, -0.05) is 26.2 Å². The number of unbranched alkanes of at least 4 members (excludes halogenated alkanes) is 3. The molecular weight excluding hydrogens is 207 g/mol. The van der Waals surface area contributed by atoms with Gasteiger partial charge in [0.05, 0.1) is 6.61 Å². The summed E-state index contributed by atoms with van der Waals surface area (Å²) in [5, 5.41) is 0. The monoisotopic (exact) mass is 220 g/mol. The minimum Gasteiger partial charge on any atom is -0.468 e. The second-order valence-electron chi connectivity index (χ2n) is 2.03. The molecule has 0 aromatic heterocycles. The number of hydrogen-bond donors (Lipinski definition) is 0.